The van der Waals surface area contributed by atoms with Gasteiger partial charge in [0.05, 0.1) is 5.39 Å². The number of thiophene rings is 1. The molecule has 124 valence electrons. The number of benzene rings is 1. The van der Waals surface area contributed by atoms with Crippen LogP contribution in [0.4, 0.5) is 10.2 Å². The highest BCUT2D eigenvalue weighted by molar-refractivity contribution is 7.17. The van der Waals surface area contributed by atoms with Gasteiger partial charge in [0.1, 0.15) is 22.8 Å². The van der Waals surface area contributed by atoms with E-state index >= 15 is 0 Å². The van der Waals surface area contributed by atoms with Crippen LogP contribution in [-0.2, 0) is 0 Å². The zero-order valence-electron chi connectivity index (χ0n) is 13.2. The van der Waals surface area contributed by atoms with E-state index in [1.165, 1.54) is 12.1 Å². The molecule has 4 rings (SSSR count). The van der Waals surface area contributed by atoms with Gasteiger partial charge in [-0.15, -0.1) is 11.3 Å². The first-order chi connectivity index (χ1) is 11.8. The molecule has 0 amide bonds. The summed E-state index contributed by atoms with van der Waals surface area (Å²) in [7, 11) is 0. The molecule has 3 heterocycles. The van der Waals surface area contributed by atoms with E-state index in [0.717, 1.165) is 53.1 Å². The molecule has 1 N–H and O–H groups in total. The standard InChI is InChI=1S/C18H18FN3OS/c19-14-5-3-13(4-6-14)15-10-24-18-16(15)17(20-11-21-18)22-7-1-2-12(8-22)9-23/h3-6,10-12,23H,1-2,7-9H2/t12-/m1/s1. The molecule has 0 aliphatic carbocycles. The molecule has 1 fully saturated rings. The van der Waals surface area contributed by atoms with Gasteiger partial charge in [0, 0.05) is 30.6 Å². The number of rotatable bonds is 3. The summed E-state index contributed by atoms with van der Waals surface area (Å²) < 4.78 is 13.2. The third-order valence-electron chi connectivity index (χ3n) is 4.58. The van der Waals surface area contributed by atoms with Crippen molar-refractivity contribution in [2.75, 3.05) is 24.6 Å². The number of aliphatic hydroxyl groups is 1. The van der Waals surface area contributed by atoms with Crippen molar-refractivity contribution < 1.29 is 9.50 Å². The minimum Gasteiger partial charge on any atom is -0.396 e. The molecule has 6 heteroatoms. The van der Waals surface area contributed by atoms with Crippen LogP contribution >= 0.6 is 11.3 Å². The topological polar surface area (TPSA) is 49.2 Å². The molecule has 3 aromatic rings. The van der Waals surface area contributed by atoms with Crippen molar-refractivity contribution in [2.45, 2.75) is 12.8 Å². The summed E-state index contributed by atoms with van der Waals surface area (Å²) in [6.45, 7) is 1.95. The number of anilines is 1. The smallest absolute Gasteiger partial charge is 0.141 e. The maximum absolute atomic E-state index is 13.2. The number of hydrogen-bond acceptors (Lipinski definition) is 5. The Morgan fingerprint density at radius 3 is 2.88 bits per heavy atom. The molecule has 2 aromatic heterocycles. The molecule has 1 saturated heterocycles. The minimum atomic E-state index is -0.239. The predicted octanol–water partition coefficient (Wildman–Crippen LogP) is 3.71. The number of halogens is 1. The Bertz CT molecular complexity index is 849. The lowest BCUT2D eigenvalue weighted by Crippen LogP contribution is -2.37. The maximum atomic E-state index is 13.2. The highest BCUT2D eigenvalue weighted by Crippen LogP contribution is 2.38. The molecule has 1 aliphatic heterocycles. The van der Waals surface area contributed by atoms with Gasteiger partial charge in [0.25, 0.3) is 0 Å². The molecular formula is C18H18FN3OS. The lowest BCUT2D eigenvalue weighted by Gasteiger charge is -2.33. The number of hydrogen-bond donors (Lipinski definition) is 1. The summed E-state index contributed by atoms with van der Waals surface area (Å²) in [5.41, 5.74) is 2.01. The average molecular weight is 343 g/mol. The Balaban J connectivity index is 1.81. The van der Waals surface area contributed by atoms with Crippen molar-refractivity contribution in [3.8, 4) is 11.1 Å². The molecule has 0 saturated carbocycles. The fraction of sp³-hybridized carbons (Fsp3) is 0.333. The Morgan fingerprint density at radius 2 is 2.08 bits per heavy atom. The van der Waals surface area contributed by atoms with E-state index in [2.05, 4.69) is 20.2 Å². The van der Waals surface area contributed by atoms with E-state index in [1.807, 2.05) is 0 Å². The second-order valence-corrected chi connectivity index (χ2v) is 7.03. The van der Waals surface area contributed by atoms with Gasteiger partial charge in [-0.25, -0.2) is 14.4 Å². The van der Waals surface area contributed by atoms with Gasteiger partial charge in [-0.05, 0) is 36.5 Å². The van der Waals surface area contributed by atoms with Crippen LogP contribution < -0.4 is 4.90 Å². The second kappa shape index (κ2) is 6.45. The van der Waals surface area contributed by atoms with Crippen LogP contribution in [-0.4, -0.2) is 34.8 Å². The normalized spacial score (nSPS) is 18.2. The van der Waals surface area contributed by atoms with E-state index in [9.17, 15) is 9.50 Å². The Labute approximate surface area is 143 Å². The molecule has 1 atom stereocenters. The van der Waals surface area contributed by atoms with Gasteiger partial charge in [0.15, 0.2) is 0 Å². The maximum Gasteiger partial charge on any atom is 0.141 e. The molecular weight excluding hydrogens is 325 g/mol. The van der Waals surface area contributed by atoms with Gasteiger partial charge in [-0.2, -0.15) is 0 Å². The molecule has 0 unspecified atom stereocenters. The zero-order chi connectivity index (χ0) is 16.5. The molecule has 0 spiro atoms. The molecule has 0 radical (unpaired) electrons. The predicted molar refractivity (Wildman–Crippen MR) is 94.8 cm³/mol. The van der Waals surface area contributed by atoms with Gasteiger partial charge >= 0.3 is 0 Å². The van der Waals surface area contributed by atoms with E-state index in [-0.39, 0.29) is 18.3 Å². The highest BCUT2D eigenvalue weighted by Gasteiger charge is 2.23. The summed E-state index contributed by atoms with van der Waals surface area (Å²) in [4.78, 5) is 12.1. The monoisotopic (exact) mass is 343 g/mol. The number of aliphatic hydroxyl groups excluding tert-OH is 1. The van der Waals surface area contributed by atoms with Gasteiger partial charge in [-0.3, -0.25) is 0 Å². The summed E-state index contributed by atoms with van der Waals surface area (Å²) in [5.74, 6) is 0.965. The summed E-state index contributed by atoms with van der Waals surface area (Å²) in [5, 5.41) is 12.6. The van der Waals surface area contributed by atoms with Crippen molar-refractivity contribution in [3.63, 3.8) is 0 Å². The van der Waals surface area contributed by atoms with Crippen LogP contribution in [0.1, 0.15) is 12.8 Å². The first-order valence-electron chi connectivity index (χ1n) is 8.10. The van der Waals surface area contributed by atoms with Crippen LogP contribution in [0.15, 0.2) is 36.0 Å². The lowest BCUT2D eigenvalue weighted by molar-refractivity contribution is 0.208. The van der Waals surface area contributed by atoms with Crippen molar-refractivity contribution in [1.82, 2.24) is 9.97 Å². The van der Waals surface area contributed by atoms with E-state index in [0.29, 0.717) is 0 Å². The minimum absolute atomic E-state index is 0.208. The van der Waals surface area contributed by atoms with Crippen molar-refractivity contribution in [1.29, 1.82) is 0 Å². The third-order valence-corrected chi connectivity index (χ3v) is 5.47. The summed E-state index contributed by atoms with van der Waals surface area (Å²) >= 11 is 1.58. The first kappa shape index (κ1) is 15.5. The zero-order valence-corrected chi connectivity index (χ0v) is 14.0. The average Bonchev–Trinajstić information content (AvgIpc) is 3.06. The fourth-order valence-corrected chi connectivity index (χ4v) is 4.26. The Morgan fingerprint density at radius 1 is 1.25 bits per heavy atom. The number of fused-ring (bicyclic) bond motifs is 1. The van der Waals surface area contributed by atoms with Crippen LogP contribution in [0.3, 0.4) is 0 Å². The number of piperidine rings is 1. The van der Waals surface area contributed by atoms with Gasteiger partial charge in [-0.1, -0.05) is 12.1 Å². The van der Waals surface area contributed by atoms with Crippen LogP contribution in [0.25, 0.3) is 21.3 Å². The quantitative estimate of drug-likeness (QED) is 0.788. The van der Waals surface area contributed by atoms with Crippen molar-refractivity contribution >= 4 is 27.4 Å². The van der Waals surface area contributed by atoms with E-state index < -0.39 is 0 Å². The Hall–Kier alpha value is -2.05. The second-order valence-electron chi connectivity index (χ2n) is 6.17. The lowest BCUT2D eigenvalue weighted by atomic mass is 9.98. The van der Waals surface area contributed by atoms with Crippen molar-refractivity contribution in [2.24, 2.45) is 5.92 Å². The third kappa shape index (κ3) is 2.76. The molecule has 0 bridgehead atoms. The highest BCUT2D eigenvalue weighted by atomic mass is 32.1. The van der Waals surface area contributed by atoms with Crippen LogP contribution in [0.5, 0.6) is 0 Å². The van der Waals surface area contributed by atoms with Crippen molar-refractivity contribution in [3.05, 3.63) is 41.8 Å². The first-order valence-corrected chi connectivity index (χ1v) is 8.98. The van der Waals surface area contributed by atoms with Gasteiger partial charge in [0.2, 0.25) is 0 Å². The fourth-order valence-electron chi connectivity index (χ4n) is 3.35. The largest absolute Gasteiger partial charge is 0.396 e. The number of nitrogens with zero attached hydrogens (tertiary/aromatic N) is 3. The Kier molecular flexibility index (Phi) is 4.16. The van der Waals surface area contributed by atoms with Crippen LogP contribution in [0, 0.1) is 11.7 Å². The number of aromatic nitrogens is 2. The summed E-state index contributed by atoms with van der Waals surface area (Å²) in [6.07, 6.45) is 3.70. The SMILES string of the molecule is OC[C@@H]1CCCN(c2ncnc3scc(-c4ccc(F)cc4)c23)C1. The molecule has 24 heavy (non-hydrogen) atoms. The molecule has 1 aliphatic rings. The molecule has 1 aromatic carbocycles. The van der Waals surface area contributed by atoms with E-state index in [1.54, 1.807) is 29.8 Å². The van der Waals surface area contributed by atoms with Crippen LogP contribution in [0.2, 0.25) is 0 Å². The van der Waals surface area contributed by atoms with Gasteiger partial charge < -0.3 is 10.0 Å². The molecule has 4 nitrogen and oxygen atoms in total. The van der Waals surface area contributed by atoms with E-state index in [4.69, 9.17) is 0 Å². The summed E-state index contributed by atoms with van der Waals surface area (Å²) in [6, 6.07) is 6.54.